The lowest BCUT2D eigenvalue weighted by Crippen LogP contribution is -2.23. The first-order valence-electron chi connectivity index (χ1n) is 5.20. The number of hydrogen-bond donors (Lipinski definition) is 1. The van der Waals surface area contributed by atoms with Crippen LogP contribution in [0.25, 0.3) is 0 Å². The molecule has 0 bridgehead atoms. The van der Waals surface area contributed by atoms with Gasteiger partial charge >= 0.3 is 0 Å². The van der Waals surface area contributed by atoms with E-state index in [9.17, 15) is 13.9 Å². The molecule has 1 aliphatic carbocycles. The van der Waals surface area contributed by atoms with E-state index in [2.05, 4.69) is 0 Å². The van der Waals surface area contributed by atoms with Gasteiger partial charge in [0, 0.05) is 5.56 Å². The standard InChI is InChI=1S/C12H14F2O/c1-8-5-6-12(15,7-8)9-3-2-4-10(13)11(9)14/h2-4,8,15H,5-7H2,1H3. The minimum Gasteiger partial charge on any atom is -0.385 e. The molecule has 0 radical (unpaired) electrons. The van der Waals surface area contributed by atoms with Crippen LogP contribution in [0.3, 0.4) is 0 Å². The van der Waals surface area contributed by atoms with Crippen molar-refractivity contribution in [1.29, 1.82) is 0 Å². The SMILES string of the molecule is CC1CCC(O)(c2cccc(F)c2F)C1. The molecule has 0 heterocycles. The molecule has 0 aliphatic heterocycles. The molecule has 0 amide bonds. The van der Waals surface area contributed by atoms with E-state index in [0.29, 0.717) is 18.8 Å². The van der Waals surface area contributed by atoms with Crippen molar-refractivity contribution in [1.82, 2.24) is 0 Å². The summed E-state index contributed by atoms with van der Waals surface area (Å²) in [5.74, 6) is -1.44. The fraction of sp³-hybridized carbons (Fsp3) is 0.500. The molecule has 1 aromatic rings. The third-order valence-corrected chi connectivity index (χ3v) is 3.19. The summed E-state index contributed by atoms with van der Waals surface area (Å²) in [5, 5.41) is 10.2. The second-order valence-corrected chi connectivity index (χ2v) is 4.48. The Balaban J connectivity index is 2.41. The minimum absolute atomic E-state index is 0.104. The number of hydrogen-bond acceptors (Lipinski definition) is 1. The lowest BCUT2D eigenvalue weighted by atomic mass is 9.91. The molecule has 2 atom stereocenters. The third kappa shape index (κ3) is 1.76. The van der Waals surface area contributed by atoms with Gasteiger partial charge in [-0.25, -0.2) is 8.78 Å². The van der Waals surface area contributed by atoms with Crippen LogP contribution in [0.15, 0.2) is 18.2 Å². The van der Waals surface area contributed by atoms with E-state index in [-0.39, 0.29) is 5.56 Å². The van der Waals surface area contributed by atoms with Gasteiger partial charge in [-0.1, -0.05) is 19.1 Å². The highest BCUT2D eigenvalue weighted by molar-refractivity contribution is 5.26. The van der Waals surface area contributed by atoms with Crippen molar-refractivity contribution in [2.24, 2.45) is 5.92 Å². The van der Waals surface area contributed by atoms with Gasteiger partial charge in [-0.3, -0.25) is 0 Å². The van der Waals surface area contributed by atoms with Gasteiger partial charge in [0.05, 0.1) is 5.60 Å². The monoisotopic (exact) mass is 212 g/mol. The maximum Gasteiger partial charge on any atom is 0.164 e. The van der Waals surface area contributed by atoms with Gasteiger partial charge in [-0.05, 0) is 31.2 Å². The molecular weight excluding hydrogens is 198 g/mol. The molecule has 3 heteroatoms. The second-order valence-electron chi connectivity index (χ2n) is 4.48. The average Bonchev–Trinajstić information content (AvgIpc) is 2.52. The molecule has 2 rings (SSSR count). The molecule has 1 nitrogen and oxygen atoms in total. The van der Waals surface area contributed by atoms with Crippen molar-refractivity contribution in [3.8, 4) is 0 Å². The lowest BCUT2D eigenvalue weighted by Gasteiger charge is -2.23. The molecule has 1 fully saturated rings. The predicted molar refractivity (Wildman–Crippen MR) is 53.3 cm³/mol. The fourth-order valence-electron chi connectivity index (χ4n) is 2.37. The number of rotatable bonds is 1. The van der Waals surface area contributed by atoms with Gasteiger partial charge in [0.2, 0.25) is 0 Å². The highest BCUT2D eigenvalue weighted by Crippen LogP contribution is 2.42. The quantitative estimate of drug-likeness (QED) is 0.758. The third-order valence-electron chi connectivity index (χ3n) is 3.19. The molecule has 82 valence electrons. The highest BCUT2D eigenvalue weighted by Gasteiger charge is 2.39. The first kappa shape index (κ1) is 10.6. The van der Waals surface area contributed by atoms with Gasteiger partial charge in [0.1, 0.15) is 0 Å². The summed E-state index contributed by atoms with van der Waals surface area (Å²) in [4.78, 5) is 0. The Labute approximate surface area is 87.7 Å². The normalized spacial score (nSPS) is 30.8. The molecule has 1 N–H and O–H groups in total. The summed E-state index contributed by atoms with van der Waals surface area (Å²) in [6.07, 6.45) is 1.87. The maximum atomic E-state index is 13.5. The van der Waals surface area contributed by atoms with Crippen LogP contribution in [0.1, 0.15) is 31.7 Å². The summed E-state index contributed by atoms with van der Waals surface area (Å²) in [7, 11) is 0. The number of halogens is 2. The summed E-state index contributed by atoms with van der Waals surface area (Å²) < 4.78 is 26.5. The van der Waals surface area contributed by atoms with Gasteiger partial charge < -0.3 is 5.11 Å². The molecule has 0 saturated heterocycles. The summed E-state index contributed by atoms with van der Waals surface area (Å²) in [6, 6.07) is 3.98. The molecule has 15 heavy (non-hydrogen) atoms. The van der Waals surface area contributed by atoms with E-state index in [1.54, 1.807) is 0 Å². The van der Waals surface area contributed by atoms with Crippen LogP contribution in [0.2, 0.25) is 0 Å². The van der Waals surface area contributed by atoms with Crippen molar-refractivity contribution in [2.45, 2.75) is 31.8 Å². The highest BCUT2D eigenvalue weighted by atomic mass is 19.2. The molecule has 1 aromatic carbocycles. The second kappa shape index (κ2) is 3.56. The zero-order chi connectivity index (χ0) is 11.1. The Morgan fingerprint density at radius 3 is 2.73 bits per heavy atom. The van der Waals surface area contributed by atoms with Crippen molar-refractivity contribution in [3.05, 3.63) is 35.4 Å². The van der Waals surface area contributed by atoms with Crippen LogP contribution in [-0.4, -0.2) is 5.11 Å². The Morgan fingerprint density at radius 2 is 2.13 bits per heavy atom. The van der Waals surface area contributed by atoms with Crippen LogP contribution in [0.5, 0.6) is 0 Å². The van der Waals surface area contributed by atoms with Crippen LogP contribution in [0.4, 0.5) is 8.78 Å². The van der Waals surface area contributed by atoms with Gasteiger partial charge in [-0.2, -0.15) is 0 Å². The van der Waals surface area contributed by atoms with Crippen LogP contribution in [0, 0.1) is 17.6 Å². The van der Waals surface area contributed by atoms with E-state index < -0.39 is 17.2 Å². The van der Waals surface area contributed by atoms with Crippen LogP contribution < -0.4 is 0 Å². The van der Waals surface area contributed by atoms with E-state index in [0.717, 1.165) is 12.5 Å². The fourth-order valence-corrected chi connectivity index (χ4v) is 2.37. The molecule has 2 unspecified atom stereocenters. The Morgan fingerprint density at radius 1 is 1.40 bits per heavy atom. The van der Waals surface area contributed by atoms with Crippen molar-refractivity contribution in [3.63, 3.8) is 0 Å². The Bertz CT molecular complexity index is 378. The minimum atomic E-state index is -1.17. The largest absolute Gasteiger partial charge is 0.385 e. The zero-order valence-corrected chi connectivity index (χ0v) is 8.63. The van der Waals surface area contributed by atoms with Crippen LogP contribution >= 0.6 is 0 Å². The topological polar surface area (TPSA) is 20.2 Å². The Hall–Kier alpha value is -0.960. The van der Waals surface area contributed by atoms with Crippen LogP contribution in [-0.2, 0) is 5.60 Å². The van der Waals surface area contributed by atoms with Crippen molar-refractivity contribution < 1.29 is 13.9 Å². The molecular formula is C12H14F2O. The molecule has 1 aliphatic rings. The Kier molecular flexibility index (Phi) is 2.51. The molecule has 0 spiro atoms. The summed E-state index contributed by atoms with van der Waals surface area (Å²) >= 11 is 0. The van der Waals surface area contributed by atoms with E-state index in [1.165, 1.54) is 12.1 Å². The summed E-state index contributed by atoms with van der Waals surface area (Å²) in [5.41, 5.74) is -1.07. The van der Waals surface area contributed by atoms with E-state index >= 15 is 0 Å². The van der Waals surface area contributed by atoms with Gasteiger partial charge in [-0.15, -0.1) is 0 Å². The predicted octanol–water partition coefficient (Wildman–Crippen LogP) is 2.97. The molecule has 1 saturated carbocycles. The number of aliphatic hydroxyl groups is 1. The first-order valence-corrected chi connectivity index (χ1v) is 5.20. The average molecular weight is 212 g/mol. The first-order chi connectivity index (χ1) is 7.03. The van der Waals surface area contributed by atoms with Gasteiger partial charge in [0.25, 0.3) is 0 Å². The van der Waals surface area contributed by atoms with E-state index in [1.807, 2.05) is 6.92 Å². The van der Waals surface area contributed by atoms with Crippen molar-refractivity contribution >= 4 is 0 Å². The van der Waals surface area contributed by atoms with Gasteiger partial charge in [0.15, 0.2) is 11.6 Å². The van der Waals surface area contributed by atoms with E-state index in [4.69, 9.17) is 0 Å². The summed E-state index contributed by atoms with van der Waals surface area (Å²) in [6.45, 7) is 2.01. The smallest absolute Gasteiger partial charge is 0.164 e. The lowest BCUT2D eigenvalue weighted by molar-refractivity contribution is 0.0364. The molecule has 0 aromatic heterocycles. The van der Waals surface area contributed by atoms with Crippen molar-refractivity contribution in [2.75, 3.05) is 0 Å². The number of benzene rings is 1. The maximum absolute atomic E-state index is 13.5. The zero-order valence-electron chi connectivity index (χ0n) is 8.63.